The number of ether oxygens (including phenoxy) is 1. The molecule has 2 rings (SSSR count). The molecule has 0 fully saturated rings. The summed E-state index contributed by atoms with van der Waals surface area (Å²) in [5.74, 6) is 0.142. The van der Waals surface area contributed by atoms with Crippen molar-refractivity contribution >= 4 is 11.9 Å². The van der Waals surface area contributed by atoms with Crippen LogP contribution in [0.15, 0.2) is 69.9 Å². The van der Waals surface area contributed by atoms with E-state index in [1.807, 2.05) is 53.1 Å². The Labute approximate surface area is 222 Å². The van der Waals surface area contributed by atoms with Gasteiger partial charge in [0.15, 0.2) is 5.89 Å². The average Bonchev–Trinajstić information content (AvgIpc) is 3.25. The molecule has 1 aromatic heterocycles. The van der Waals surface area contributed by atoms with E-state index in [0.29, 0.717) is 25.2 Å². The molecule has 1 N–H and O–H groups in total. The number of likely N-dealkylation sites (N-methyl/N-ethyl adjacent to an activating group) is 1. The lowest BCUT2D eigenvalue weighted by atomic mass is 10.1. The fourth-order valence-corrected chi connectivity index (χ4v) is 3.89. The lowest BCUT2D eigenvalue weighted by molar-refractivity contribution is -0.141. The maximum absolute atomic E-state index is 12.6. The van der Waals surface area contributed by atoms with Crippen molar-refractivity contribution in [2.45, 2.75) is 78.4 Å². The van der Waals surface area contributed by atoms with Gasteiger partial charge in [0, 0.05) is 25.1 Å². The van der Waals surface area contributed by atoms with Gasteiger partial charge in [-0.05, 0) is 73.5 Å². The Balaban J connectivity index is 2.21. The number of aryl methyl sites for hydroxylation is 1. The van der Waals surface area contributed by atoms with Crippen LogP contribution in [0.3, 0.4) is 0 Å². The molecule has 0 saturated carbocycles. The third-order valence-corrected chi connectivity index (χ3v) is 5.81. The molecule has 0 saturated heterocycles. The predicted molar refractivity (Wildman–Crippen MR) is 148 cm³/mol. The number of rotatable bonds is 5. The zero-order valence-electron chi connectivity index (χ0n) is 23.3. The van der Waals surface area contributed by atoms with Crippen LogP contribution in [0.2, 0.25) is 0 Å². The maximum Gasteiger partial charge on any atom is 0.331 e. The molecule has 202 valence electrons. The zero-order valence-corrected chi connectivity index (χ0v) is 23.3. The summed E-state index contributed by atoms with van der Waals surface area (Å²) in [6, 6.07) is 0.0243. The highest BCUT2D eigenvalue weighted by Crippen LogP contribution is 2.14. The van der Waals surface area contributed by atoms with Crippen LogP contribution in [0, 0.1) is 0 Å². The Morgan fingerprint density at radius 1 is 1.14 bits per heavy atom. The highest BCUT2D eigenvalue weighted by Gasteiger charge is 2.16. The summed E-state index contributed by atoms with van der Waals surface area (Å²) in [5, 5.41) is 3.04. The molecule has 2 heterocycles. The number of aromatic nitrogens is 1. The molecule has 1 aliphatic rings. The van der Waals surface area contributed by atoms with Gasteiger partial charge in [0.25, 0.3) is 0 Å². The van der Waals surface area contributed by atoms with Gasteiger partial charge in [-0.15, -0.1) is 0 Å². The second-order valence-electron chi connectivity index (χ2n) is 10.1. The number of nitrogens with zero attached hydrogens (tertiary/aromatic N) is 2. The molecule has 7 nitrogen and oxygen atoms in total. The van der Waals surface area contributed by atoms with Gasteiger partial charge in [0.1, 0.15) is 12.4 Å². The first-order valence-electron chi connectivity index (χ1n) is 13.1. The van der Waals surface area contributed by atoms with Crippen LogP contribution in [0.4, 0.5) is 0 Å². The number of carbonyl (C=O) groups excluding carboxylic acids is 2. The van der Waals surface area contributed by atoms with Gasteiger partial charge in [0.2, 0.25) is 5.91 Å². The normalized spacial score (nSPS) is 21.8. The standard InChI is InChI=1S/C30H43N3O4/c1-22(16-17-33(5)6)14-15-24(3)19-27-20-29-32-26(21-36-29)11-7-8-12-28(34)31-25(4)18-23(2)10-9-13-30(35)37-27/h9-10,13-16,19,21,25,27H,7-8,11-12,17-18,20H2,1-6H3,(H,31,34). The van der Waals surface area contributed by atoms with Gasteiger partial charge in [0.05, 0.1) is 12.1 Å². The summed E-state index contributed by atoms with van der Waals surface area (Å²) in [6.45, 7) is 8.89. The fourth-order valence-electron chi connectivity index (χ4n) is 3.89. The lowest BCUT2D eigenvalue weighted by Gasteiger charge is -2.14. The van der Waals surface area contributed by atoms with Gasteiger partial charge in [-0.25, -0.2) is 9.78 Å². The Hall–Kier alpha value is -3.19. The number of hydrogen-bond donors (Lipinski definition) is 1. The number of hydrogen-bond acceptors (Lipinski definition) is 6. The van der Waals surface area contributed by atoms with E-state index in [2.05, 4.69) is 34.3 Å². The van der Waals surface area contributed by atoms with E-state index in [4.69, 9.17) is 9.15 Å². The van der Waals surface area contributed by atoms with Gasteiger partial charge >= 0.3 is 5.97 Å². The molecule has 0 radical (unpaired) electrons. The minimum absolute atomic E-state index is 0.0243. The minimum Gasteiger partial charge on any atom is -0.454 e. The van der Waals surface area contributed by atoms with E-state index in [1.165, 1.54) is 6.08 Å². The lowest BCUT2D eigenvalue weighted by Crippen LogP contribution is -2.32. The van der Waals surface area contributed by atoms with Crippen molar-refractivity contribution in [2.24, 2.45) is 0 Å². The van der Waals surface area contributed by atoms with Crippen molar-refractivity contribution in [1.29, 1.82) is 0 Å². The Kier molecular flexibility index (Phi) is 12.8. The summed E-state index contributed by atoms with van der Waals surface area (Å²) in [4.78, 5) is 31.5. The summed E-state index contributed by atoms with van der Waals surface area (Å²) < 4.78 is 11.4. The Morgan fingerprint density at radius 3 is 2.62 bits per heavy atom. The molecule has 2 atom stereocenters. The molecular formula is C30H43N3O4. The van der Waals surface area contributed by atoms with Crippen molar-refractivity contribution in [2.75, 3.05) is 20.6 Å². The van der Waals surface area contributed by atoms with Crippen LogP contribution in [0.25, 0.3) is 0 Å². The number of esters is 1. The largest absolute Gasteiger partial charge is 0.454 e. The minimum atomic E-state index is -0.520. The third kappa shape index (κ3) is 13.1. The van der Waals surface area contributed by atoms with E-state index in [1.54, 1.807) is 12.3 Å². The maximum atomic E-state index is 12.6. The average molecular weight is 510 g/mol. The number of fused-ring (bicyclic) bond motifs is 2. The van der Waals surface area contributed by atoms with Crippen LogP contribution in [0.1, 0.15) is 65.0 Å². The molecular weight excluding hydrogens is 466 g/mol. The summed E-state index contributed by atoms with van der Waals surface area (Å²) in [6.07, 6.45) is 18.2. The van der Waals surface area contributed by atoms with Crippen molar-refractivity contribution in [3.05, 3.63) is 77.1 Å². The Morgan fingerprint density at radius 2 is 1.86 bits per heavy atom. The van der Waals surface area contributed by atoms with Gasteiger partial charge in [-0.3, -0.25) is 4.79 Å². The summed E-state index contributed by atoms with van der Waals surface area (Å²) in [5.41, 5.74) is 4.05. The fraction of sp³-hybridized carbons (Fsp3) is 0.500. The van der Waals surface area contributed by atoms with Crippen LogP contribution in [-0.4, -0.2) is 54.5 Å². The van der Waals surface area contributed by atoms with E-state index >= 15 is 0 Å². The SMILES string of the molecule is CC(C=CC(C)=CC1Cc2nc(co2)CCCCC(=O)NC(C)CC(C)=CC=CC(=O)O1)=CCN(C)C. The van der Waals surface area contributed by atoms with E-state index in [0.717, 1.165) is 48.2 Å². The molecule has 37 heavy (non-hydrogen) atoms. The van der Waals surface area contributed by atoms with Crippen molar-refractivity contribution in [3.63, 3.8) is 0 Å². The quantitative estimate of drug-likeness (QED) is 0.430. The van der Waals surface area contributed by atoms with Crippen molar-refractivity contribution in [3.8, 4) is 0 Å². The molecule has 7 heteroatoms. The molecule has 2 bridgehead atoms. The Bertz CT molecular complexity index is 1040. The number of amides is 1. The smallest absolute Gasteiger partial charge is 0.331 e. The first-order chi connectivity index (χ1) is 17.6. The molecule has 0 aliphatic carbocycles. The molecule has 2 unspecified atom stereocenters. The van der Waals surface area contributed by atoms with Crippen LogP contribution in [0.5, 0.6) is 0 Å². The number of nitrogens with one attached hydrogen (secondary N) is 1. The molecule has 1 aromatic rings. The highest BCUT2D eigenvalue weighted by atomic mass is 16.5. The monoisotopic (exact) mass is 509 g/mol. The topological polar surface area (TPSA) is 84.7 Å². The van der Waals surface area contributed by atoms with Gasteiger partial charge in [-0.2, -0.15) is 0 Å². The second kappa shape index (κ2) is 15.8. The second-order valence-corrected chi connectivity index (χ2v) is 10.1. The summed E-state index contributed by atoms with van der Waals surface area (Å²) in [7, 11) is 4.07. The highest BCUT2D eigenvalue weighted by molar-refractivity contribution is 5.82. The number of oxazole rings is 1. The number of carbonyl (C=O) groups is 2. The van der Waals surface area contributed by atoms with Gasteiger partial charge in [-0.1, -0.05) is 47.1 Å². The van der Waals surface area contributed by atoms with Gasteiger partial charge < -0.3 is 19.4 Å². The van der Waals surface area contributed by atoms with E-state index < -0.39 is 12.1 Å². The van der Waals surface area contributed by atoms with Crippen molar-refractivity contribution in [1.82, 2.24) is 15.2 Å². The number of allylic oxidation sites excluding steroid dienone is 6. The summed E-state index contributed by atoms with van der Waals surface area (Å²) >= 11 is 0. The first-order valence-corrected chi connectivity index (χ1v) is 13.1. The van der Waals surface area contributed by atoms with Crippen LogP contribution >= 0.6 is 0 Å². The molecule has 0 aromatic carbocycles. The number of cyclic esters (lactones) is 1. The third-order valence-electron chi connectivity index (χ3n) is 5.81. The predicted octanol–water partition coefficient (Wildman–Crippen LogP) is 5.26. The van der Waals surface area contributed by atoms with E-state index in [9.17, 15) is 9.59 Å². The van der Waals surface area contributed by atoms with Crippen molar-refractivity contribution < 1.29 is 18.7 Å². The molecule has 1 aliphatic heterocycles. The van der Waals surface area contributed by atoms with Crippen LogP contribution < -0.4 is 5.32 Å². The van der Waals surface area contributed by atoms with E-state index in [-0.39, 0.29) is 11.9 Å². The zero-order chi connectivity index (χ0) is 27.2. The molecule has 0 spiro atoms. The molecule has 1 amide bonds. The van der Waals surface area contributed by atoms with Crippen LogP contribution in [-0.2, 0) is 27.2 Å². The first kappa shape index (κ1) is 30.0.